The molecule has 0 N–H and O–H groups in total. The van der Waals surface area contributed by atoms with Crippen molar-refractivity contribution in [1.82, 2.24) is 29.6 Å². The number of pyridine rings is 2. The molecular weight excluding hydrogens is 1000 g/mol. The number of ether oxygens (including phenoxy) is 10. The van der Waals surface area contributed by atoms with Gasteiger partial charge < -0.3 is 52.3 Å². The Morgan fingerprint density at radius 3 is 1.24 bits per heavy atom. The van der Waals surface area contributed by atoms with Gasteiger partial charge in [0.1, 0.15) is 19.8 Å². The van der Waals surface area contributed by atoms with Crippen LogP contribution in [-0.4, -0.2) is 162 Å². The van der Waals surface area contributed by atoms with Gasteiger partial charge in [0.2, 0.25) is 25.3 Å². The number of hydrogen-bond acceptors (Lipinski definition) is 16. The maximum Gasteiger partial charge on any atom is 0.231 e. The van der Waals surface area contributed by atoms with E-state index in [2.05, 4.69) is 69.8 Å². The van der Waals surface area contributed by atoms with Gasteiger partial charge in [-0.3, -0.25) is 14.7 Å². The predicted octanol–water partition coefficient (Wildman–Crippen LogP) is 11.1. The molecule has 79 heavy (non-hydrogen) atoms. The molecule has 0 amide bonds. The highest BCUT2D eigenvalue weighted by Crippen LogP contribution is 2.46. The summed E-state index contributed by atoms with van der Waals surface area (Å²) in [6.45, 7) is 19.9. The van der Waals surface area contributed by atoms with Crippen LogP contribution in [0.2, 0.25) is 0 Å². The maximum absolute atomic E-state index is 6.41. The summed E-state index contributed by atoms with van der Waals surface area (Å²) in [5, 5.41) is 10.1. The Morgan fingerprint density at radius 2 is 0.823 bits per heavy atom. The Balaban J connectivity index is 0.000000158. The molecule has 0 spiro atoms. The lowest BCUT2D eigenvalue weighted by Gasteiger charge is -2.19. The number of aromatic nitrogens is 2. The molecule has 0 bridgehead atoms. The van der Waals surface area contributed by atoms with E-state index in [0.717, 1.165) is 184 Å². The molecule has 0 radical (unpaired) electrons. The van der Waals surface area contributed by atoms with E-state index in [1.165, 1.54) is 38.5 Å². The normalized spacial score (nSPS) is 16.3. The molecule has 8 aromatic rings. The van der Waals surface area contributed by atoms with Gasteiger partial charge in [-0.2, -0.15) is 0 Å². The first-order chi connectivity index (χ1) is 38.9. The molecule has 0 atom stereocenters. The highest BCUT2D eigenvalue weighted by Gasteiger charge is 2.24. The summed E-state index contributed by atoms with van der Waals surface area (Å²) in [5.41, 5.74) is 1.75. The molecule has 3 saturated heterocycles. The lowest BCUT2D eigenvalue weighted by molar-refractivity contribution is 0.173. The molecule has 5 aliphatic rings. The molecule has 6 aromatic carbocycles. The fraction of sp³-hybridized carbons (Fsp3) is 0.460. The molecule has 16 heteroatoms. The van der Waals surface area contributed by atoms with Crippen LogP contribution in [0.15, 0.2) is 72.8 Å². The molecule has 0 unspecified atom stereocenters. The van der Waals surface area contributed by atoms with Crippen molar-refractivity contribution in [3.8, 4) is 57.8 Å². The van der Waals surface area contributed by atoms with Crippen LogP contribution in [0, 0.1) is 0 Å². The fourth-order valence-electron chi connectivity index (χ4n) is 11.9. The van der Waals surface area contributed by atoms with Crippen LogP contribution in [0.4, 0.5) is 0 Å². The van der Waals surface area contributed by atoms with Gasteiger partial charge in [0.25, 0.3) is 0 Å². The van der Waals surface area contributed by atoms with E-state index in [0.29, 0.717) is 49.7 Å². The van der Waals surface area contributed by atoms with Crippen LogP contribution >= 0.6 is 0 Å². The third kappa shape index (κ3) is 11.3. The van der Waals surface area contributed by atoms with E-state index < -0.39 is 0 Å². The van der Waals surface area contributed by atoms with Crippen LogP contribution in [0.25, 0.3) is 64.9 Å². The summed E-state index contributed by atoms with van der Waals surface area (Å²) < 4.78 is 59.7. The summed E-state index contributed by atoms with van der Waals surface area (Å²) in [6, 6.07) is 24.8. The summed E-state index contributed by atoms with van der Waals surface area (Å²) in [6.07, 6.45) is 8.53. The lowest BCUT2D eigenvalue weighted by atomic mass is 10.0. The van der Waals surface area contributed by atoms with Crippen molar-refractivity contribution in [3.63, 3.8) is 0 Å². The molecule has 16 nitrogen and oxygen atoms in total. The molecule has 13 rings (SSSR count). The third-order valence-corrected chi connectivity index (χ3v) is 16.4. The van der Waals surface area contributed by atoms with Crippen molar-refractivity contribution in [2.24, 2.45) is 0 Å². The standard InChI is InChI=1S/C32H39N3O5.C31H35N3O5/c1-4-34(5-2)13-8-15-37-29-19-25-23-10-9-22-17-28-30(40-21-39-28)18-24(22)31(23)33-32(26(25)20-27(29)36-3)38-16-14-35-11-6-7-12-35;1-35-26-19-25-24(18-28(26)36-14-12-33-8-2-3-9-33)22-7-6-21-16-27-29(39-20-38-27)17-23(21)30(22)32-31(25)37-15-13-34-10-4-5-11-34/h9-10,17-20H,4-8,11-16,21H2,1-3H3;6-7,16-19H,2-5,8-15,20H2,1H3. The number of fused-ring (bicyclic) bond motifs is 12. The van der Waals surface area contributed by atoms with E-state index in [1.807, 2.05) is 36.4 Å². The second-order valence-electron chi connectivity index (χ2n) is 21.1. The zero-order valence-electron chi connectivity index (χ0n) is 46.4. The van der Waals surface area contributed by atoms with Crippen LogP contribution in [0.3, 0.4) is 0 Å². The second-order valence-corrected chi connectivity index (χ2v) is 21.1. The van der Waals surface area contributed by atoms with Gasteiger partial charge in [-0.25, -0.2) is 9.97 Å². The number of likely N-dealkylation sites (tertiary alicyclic amines) is 3. The SMILES string of the molecule is CCN(CC)CCCOc1cc2c(cc1OC)c(OCCN1CCCC1)nc1c3cc4c(cc3ccc21)OCO4.COc1cc2c(OCCN3CCCC3)nc3c4cc5c(cc4ccc3c2cc1OCCN1CCCC1)OCO5. The largest absolute Gasteiger partial charge is 0.493 e. The first-order valence-corrected chi connectivity index (χ1v) is 28.7. The Kier molecular flexibility index (Phi) is 16.1. The predicted molar refractivity (Wildman–Crippen MR) is 310 cm³/mol. The van der Waals surface area contributed by atoms with Crippen molar-refractivity contribution >= 4 is 64.9 Å². The van der Waals surface area contributed by atoms with Gasteiger partial charge in [0.15, 0.2) is 46.0 Å². The first kappa shape index (κ1) is 52.7. The van der Waals surface area contributed by atoms with Gasteiger partial charge >= 0.3 is 0 Å². The van der Waals surface area contributed by atoms with Crippen LogP contribution in [-0.2, 0) is 0 Å². The van der Waals surface area contributed by atoms with Gasteiger partial charge in [-0.05, 0) is 157 Å². The summed E-state index contributed by atoms with van der Waals surface area (Å²) in [4.78, 5) is 20.0. The Morgan fingerprint density at radius 1 is 0.430 bits per heavy atom. The smallest absolute Gasteiger partial charge is 0.231 e. The lowest BCUT2D eigenvalue weighted by Crippen LogP contribution is -2.25. The first-order valence-electron chi connectivity index (χ1n) is 28.7. The van der Waals surface area contributed by atoms with Crippen LogP contribution < -0.4 is 47.4 Å². The van der Waals surface area contributed by atoms with E-state index in [9.17, 15) is 0 Å². The highest BCUT2D eigenvalue weighted by atomic mass is 16.7. The minimum atomic E-state index is 0.236. The Labute approximate surface area is 462 Å². The average molecular weight is 1080 g/mol. The minimum Gasteiger partial charge on any atom is -0.493 e. The summed E-state index contributed by atoms with van der Waals surface area (Å²) in [5.74, 6) is 7.09. The second kappa shape index (κ2) is 24.2. The van der Waals surface area contributed by atoms with Crippen molar-refractivity contribution in [2.45, 2.75) is 58.8 Å². The third-order valence-electron chi connectivity index (χ3n) is 16.4. The maximum atomic E-state index is 6.41. The van der Waals surface area contributed by atoms with Gasteiger partial charge in [0.05, 0.1) is 31.9 Å². The average Bonchev–Trinajstić information content (AvgIpc) is 4.53. The number of benzene rings is 6. The van der Waals surface area contributed by atoms with E-state index >= 15 is 0 Å². The zero-order chi connectivity index (χ0) is 53.7. The quantitative estimate of drug-likeness (QED) is 0.0499. The van der Waals surface area contributed by atoms with Crippen LogP contribution in [0.1, 0.15) is 58.8 Å². The number of rotatable bonds is 21. The summed E-state index contributed by atoms with van der Waals surface area (Å²) in [7, 11) is 3.37. The number of methoxy groups -OCH3 is 2. The van der Waals surface area contributed by atoms with Gasteiger partial charge in [-0.15, -0.1) is 0 Å². The van der Waals surface area contributed by atoms with Gasteiger partial charge in [0, 0.05) is 69.3 Å². The van der Waals surface area contributed by atoms with E-state index in [1.54, 1.807) is 14.2 Å². The van der Waals surface area contributed by atoms with Gasteiger partial charge in [-0.1, -0.05) is 38.1 Å². The van der Waals surface area contributed by atoms with Crippen molar-refractivity contribution in [3.05, 3.63) is 72.8 Å². The fourth-order valence-corrected chi connectivity index (χ4v) is 11.9. The molecule has 2 aromatic heterocycles. The molecule has 416 valence electrons. The number of hydrogen-bond donors (Lipinski definition) is 0. The van der Waals surface area contributed by atoms with Crippen molar-refractivity contribution in [2.75, 3.05) is 133 Å². The van der Waals surface area contributed by atoms with Crippen LogP contribution in [0.5, 0.6) is 57.8 Å². The zero-order valence-corrected chi connectivity index (χ0v) is 46.4. The van der Waals surface area contributed by atoms with Crippen molar-refractivity contribution in [1.29, 1.82) is 0 Å². The summed E-state index contributed by atoms with van der Waals surface area (Å²) >= 11 is 0. The molecule has 0 aliphatic carbocycles. The molecule has 0 saturated carbocycles. The molecular formula is C63H74N6O10. The Bertz CT molecular complexity index is 3460. The molecule has 3 fully saturated rings. The molecule has 5 aliphatic heterocycles. The Hall–Kier alpha value is -6.98. The van der Waals surface area contributed by atoms with Crippen molar-refractivity contribution < 1.29 is 47.4 Å². The monoisotopic (exact) mass is 1070 g/mol. The minimum absolute atomic E-state index is 0.236. The number of nitrogens with zero attached hydrogens (tertiary/aromatic N) is 6. The van der Waals surface area contributed by atoms with E-state index in [-0.39, 0.29) is 13.6 Å². The highest BCUT2D eigenvalue weighted by molar-refractivity contribution is 6.18. The molecule has 7 heterocycles. The topological polar surface area (TPSA) is 131 Å². The van der Waals surface area contributed by atoms with E-state index in [4.69, 9.17) is 57.3 Å².